The van der Waals surface area contributed by atoms with Crippen LogP contribution in [0, 0.1) is 6.92 Å². The van der Waals surface area contributed by atoms with Crippen molar-refractivity contribution in [2.24, 2.45) is 0 Å². The highest BCUT2D eigenvalue weighted by Gasteiger charge is 2.23. The van der Waals surface area contributed by atoms with Crippen molar-refractivity contribution < 1.29 is 0 Å². The fourth-order valence-electron chi connectivity index (χ4n) is 5.00. The number of hydrogen-bond acceptors (Lipinski definition) is 3. The number of piperazine rings is 1. The molecule has 2 heterocycles. The van der Waals surface area contributed by atoms with E-state index in [-0.39, 0.29) is 0 Å². The summed E-state index contributed by atoms with van der Waals surface area (Å²) in [6.45, 7) is 5.30. The number of aromatic nitrogens is 2. The highest BCUT2D eigenvalue weighted by Crippen LogP contribution is 2.34. The van der Waals surface area contributed by atoms with Gasteiger partial charge in [-0.05, 0) is 49.9 Å². The predicted octanol–water partition coefficient (Wildman–Crippen LogP) is 4.48. The van der Waals surface area contributed by atoms with Crippen molar-refractivity contribution in [1.29, 1.82) is 0 Å². The van der Waals surface area contributed by atoms with Gasteiger partial charge in [-0.3, -0.25) is 4.68 Å². The number of anilines is 1. The molecule has 5 rings (SSSR count). The molecule has 0 unspecified atom stereocenters. The van der Waals surface area contributed by atoms with Crippen LogP contribution in [0.5, 0.6) is 0 Å². The zero-order valence-electron chi connectivity index (χ0n) is 16.8. The number of nitrogens with zero attached hydrogens (tertiary/aromatic N) is 3. The average molecular weight is 375 g/mol. The molecule has 2 aliphatic rings. The molecule has 0 radical (unpaired) electrons. The van der Waals surface area contributed by atoms with Crippen LogP contribution in [0.15, 0.2) is 48.5 Å². The van der Waals surface area contributed by atoms with E-state index in [0.29, 0.717) is 12.1 Å². The normalized spacial score (nSPS) is 20.9. The molecule has 3 aromatic rings. The fourth-order valence-corrected chi connectivity index (χ4v) is 5.00. The molecule has 1 aliphatic heterocycles. The molecule has 0 bridgehead atoms. The Kier molecular flexibility index (Phi) is 4.81. The topological polar surface area (TPSA) is 33.1 Å². The Balaban J connectivity index is 1.39. The summed E-state index contributed by atoms with van der Waals surface area (Å²) in [6.07, 6.45) is 6.30. The number of aryl methyl sites for hydroxylation is 1. The lowest BCUT2D eigenvalue weighted by atomic mass is 10.0. The van der Waals surface area contributed by atoms with E-state index in [9.17, 15) is 0 Å². The number of rotatable bonds is 4. The van der Waals surface area contributed by atoms with Crippen LogP contribution in [0.3, 0.4) is 0 Å². The SMILES string of the molecule is Cc1nn(C2CCCC2)c2cc(N3CCN[C@@H](Cc4ccccc4)C3)ccc12. The van der Waals surface area contributed by atoms with E-state index in [1.807, 2.05) is 0 Å². The van der Waals surface area contributed by atoms with Gasteiger partial charge in [0.05, 0.1) is 17.3 Å². The van der Waals surface area contributed by atoms with E-state index < -0.39 is 0 Å². The largest absolute Gasteiger partial charge is 0.369 e. The maximum atomic E-state index is 4.91. The Morgan fingerprint density at radius 2 is 1.89 bits per heavy atom. The van der Waals surface area contributed by atoms with Crippen molar-refractivity contribution in [3.8, 4) is 0 Å². The molecular formula is C24H30N4. The number of benzene rings is 2. The minimum Gasteiger partial charge on any atom is -0.369 e. The van der Waals surface area contributed by atoms with Gasteiger partial charge in [-0.15, -0.1) is 0 Å². The maximum absolute atomic E-state index is 4.91. The molecule has 146 valence electrons. The summed E-state index contributed by atoms with van der Waals surface area (Å²) < 4.78 is 2.32. The van der Waals surface area contributed by atoms with Crippen LogP contribution in [0.25, 0.3) is 10.9 Å². The minimum atomic E-state index is 0.494. The molecular weight excluding hydrogens is 344 g/mol. The molecule has 0 amide bonds. The van der Waals surface area contributed by atoms with E-state index in [4.69, 9.17) is 5.10 Å². The van der Waals surface area contributed by atoms with Gasteiger partial charge in [0.1, 0.15) is 0 Å². The smallest absolute Gasteiger partial charge is 0.0709 e. The monoisotopic (exact) mass is 374 g/mol. The summed E-state index contributed by atoms with van der Waals surface area (Å²) in [7, 11) is 0. The first-order chi connectivity index (χ1) is 13.8. The average Bonchev–Trinajstić information content (AvgIpc) is 3.37. The lowest BCUT2D eigenvalue weighted by Crippen LogP contribution is -2.51. The van der Waals surface area contributed by atoms with Crippen LogP contribution >= 0.6 is 0 Å². The molecule has 1 saturated heterocycles. The van der Waals surface area contributed by atoms with Gasteiger partial charge in [-0.25, -0.2) is 0 Å². The van der Waals surface area contributed by atoms with Crippen molar-refractivity contribution in [3.63, 3.8) is 0 Å². The van der Waals surface area contributed by atoms with Gasteiger partial charge in [0, 0.05) is 36.7 Å². The Morgan fingerprint density at radius 1 is 1.07 bits per heavy atom. The van der Waals surface area contributed by atoms with Gasteiger partial charge >= 0.3 is 0 Å². The first-order valence-corrected chi connectivity index (χ1v) is 10.8. The standard InChI is InChI=1S/C24H30N4/c1-18-23-12-11-22(16-24(23)28(26-18)21-9-5-6-10-21)27-14-13-25-20(17-27)15-19-7-3-2-4-8-19/h2-4,7-8,11-12,16,20-21,25H,5-6,9-10,13-15,17H2,1H3/t20-/m0/s1. The second-order valence-electron chi connectivity index (χ2n) is 8.46. The van der Waals surface area contributed by atoms with Crippen molar-refractivity contribution in [1.82, 2.24) is 15.1 Å². The molecule has 4 nitrogen and oxygen atoms in total. The van der Waals surface area contributed by atoms with Gasteiger partial charge in [-0.1, -0.05) is 43.2 Å². The molecule has 4 heteroatoms. The zero-order chi connectivity index (χ0) is 18.9. The first-order valence-electron chi connectivity index (χ1n) is 10.8. The van der Waals surface area contributed by atoms with E-state index in [0.717, 1.165) is 31.7 Å². The van der Waals surface area contributed by atoms with Crippen LogP contribution < -0.4 is 10.2 Å². The second-order valence-corrected chi connectivity index (χ2v) is 8.46. The quantitative estimate of drug-likeness (QED) is 0.731. The van der Waals surface area contributed by atoms with Crippen LogP contribution in [0.2, 0.25) is 0 Å². The second kappa shape index (κ2) is 7.59. The Morgan fingerprint density at radius 3 is 2.71 bits per heavy atom. The summed E-state index contributed by atoms with van der Waals surface area (Å²) in [4.78, 5) is 2.55. The Hall–Kier alpha value is -2.33. The fraction of sp³-hybridized carbons (Fsp3) is 0.458. The molecule has 28 heavy (non-hydrogen) atoms. The Bertz CT molecular complexity index is 940. The third-order valence-electron chi connectivity index (χ3n) is 6.49. The minimum absolute atomic E-state index is 0.494. The summed E-state index contributed by atoms with van der Waals surface area (Å²) in [5, 5.41) is 9.93. The van der Waals surface area contributed by atoms with Crippen LogP contribution in [-0.2, 0) is 6.42 Å². The molecule has 2 fully saturated rings. The molecule has 2 aromatic carbocycles. The zero-order valence-corrected chi connectivity index (χ0v) is 16.8. The van der Waals surface area contributed by atoms with Crippen molar-refractivity contribution in [2.45, 2.75) is 51.1 Å². The van der Waals surface area contributed by atoms with E-state index in [1.165, 1.54) is 47.8 Å². The lowest BCUT2D eigenvalue weighted by molar-refractivity contribution is 0.454. The van der Waals surface area contributed by atoms with Crippen LogP contribution in [0.1, 0.15) is 43.0 Å². The van der Waals surface area contributed by atoms with E-state index in [2.05, 4.69) is 70.4 Å². The van der Waals surface area contributed by atoms with Gasteiger partial charge in [-0.2, -0.15) is 5.10 Å². The summed E-state index contributed by atoms with van der Waals surface area (Å²) in [5.74, 6) is 0. The van der Waals surface area contributed by atoms with E-state index >= 15 is 0 Å². The predicted molar refractivity (Wildman–Crippen MR) is 116 cm³/mol. The van der Waals surface area contributed by atoms with E-state index in [1.54, 1.807) is 0 Å². The third kappa shape index (κ3) is 3.42. The highest BCUT2D eigenvalue weighted by atomic mass is 15.3. The van der Waals surface area contributed by atoms with Crippen LogP contribution in [-0.4, -0.2) is 35.5 Å². The highest BCUT2D eigenvalue weighted by molar-refractivity contribution is 5.85. The number of nitrogens with one attached hydrogen (secondary N) is 1. The molecule has 1 aliphatic carbocycles. The van der Waals surface area contributed by atoms with Crippen molar-refractivity contribution in [3.05, 3.63) is 59.8 Å². The Labute approximate surface area is 167 Å². The summed E-state index contributed by atoms with van der Waals surface area (Å²) >= 11 is 0. The maximum Gasteiger partial charge on any atom is 0.0709 e. The number of hydrogen-bond donors (Lipinski definition) is 1. The molecule has 1 saturated carbocycles. The first kappa shape index (κ1) is 17.7. The summed E-state index contributed by atoms with van der Waals surface area (Å²) in [5.41, 5.74) is 5.23. The molecule has 1 aromatic heterocycles. The molecule has 1 N–H and O–H groups in total. The van der Waals surface area contributed by atoms with Gasteiger partial charge < -0.3 is 10.2 Å². The van der Waals surface area contributed by atoms with Crippen molar-refractivity contribution >= 4 is 16.6 Å². The number of fused-ring (bicyclic) bond motifs is 1. The lowest BCUT2D eigenvalue weighted by Gasteiger charge is -2.35. The van der Waals surface area contributed by atoms with Gasteiger partial charge in [0.2, 0.25) is 0 Å². The van der Waals surface area contributed by atoms with Crippen LogP contribution in [0.4, 0.5) is 5.69 Å². The summed E-state index contributed by atoms with van der Waals surface area (Å²) in [6, 6.07) is 18.9. The van der Waals surface area contributed by atoms with Gasteiger partial charge in [0.15, 0.2) is 0 Å². The third-order valence-corrected chi connectivity index (χ3v) is 6.49. The molecule has 0 spiro atoms. The van der Waals surface area contributed by atoms with Gasteiger partial charge in [0.25, 0.3) is 0 Å². The molecule has 1 atom stereocenters. The van der Waals surface area contributed by atoms with Crippen molar-refractivity contribution in [2.75, 3.05) is 24.5 Å².